The molecule has 2 aliphatic rings. The number of halogens is 2. The van der Waals surface area contributed by atoms with E-state index in [1.807, 2.05) is 0 Å². The number of fused-ring (bicyclic) bond motifs is 3. The molecule has 0 spiro atoms. The van der Waals surface area contributed by atoms with Crippen LogP contribution in [0.4, 0.5) is 0 Å². The molecular formula is C46H54Cl2Zr-2. The number of aryl methyl sites for hydroxylation is 2. The predicted octanol–water partition coefficient (Wildman–Crippen LogP) is 6.05. The third-order valence-corrected chi connectivity index (χ3v) is 10.6. The fraction of sp³-hybridized carbons (Fsp3) is 0.370. The van der Waals surface area contributed by atoms with Gasteiger partial charge < -0.3 is 24.8 Å². The first-order chi connectivity index (χ1) is 21.9. The molecule has 6 rings (SSSR count). The van der Waals surface area contributed by atoms with Crippen molar-refractivity contribution in [2.45, 2.75) is 100 Å². The van der Waals surface area contributed by atoms with Crippen molar-refractivity contribution in [1.82, 2.24) is 0 Å². The van der Waals surface area contributed by atoms with Crippen LogP contribution in [-0.2, 0) is 41.5 Å². The van der Waals surface area contributed by atoms with E-state index in [0.29, 0.717) is 11.8 Å². The van der Waals surface area contributed by atoms with Gasteiger partial charge in [-0.1, -0.05) is 116 Å². The number of hydrogen-bond acceptors (Lipinski definition) is 0. The molecule has 0 aliphatic heterocycles. The van der Waals surface area contributed by atoms with Crippen LogP contribution in [0.3, 0.4) is 0 Å². The van der Waals surface area contributed by atoms with E-state index in [1.54, 1.807) is 0 Å². The molecule has 3 heteroatoms. The van der Waals surface area contributed by atoms with E-state index in [9.17, 15) is 0 Å². The van der Waals surface area contributed by atoms with E-state index < -0.39 is 0 Å². The Morgan fingerprint density at radius 3 is 1.61 bits per heavy atom. The van der Waals surface area contributed by atoms with Crippen LogP contribution in [-0.4, -0.2) is 3.21 Å². The molecule has 4 aromatic rings. The molecule has 0 amide bonds. The summed E-state index contributed by atoms with van der Waals surface area (Å²) in [6, 6.07) is 32.6. The zero-order valence-corrected chi connectivity index (χ0v) is 35.7. The van der Waals surface area contributed by atoms with Crippen molar-refractivity contribution >= 4 is 3.21 Å². The Labute approximate surface area is 326 Å². The molecule has 0 radical (unpaired) electrons. The van der Waals surface area contributed by atoms with Gasteiger partial charge in [0, 0.05) is 0 Å². The van der Waals surface area contributed by atoms with Gasteiger partial charge in [-0.25, -0.2) is 5.57 Å². The molecule has 2 aliphatic carbocycles. The Morgan fingerprint density at radius 2 is 1.20 bits per heavy atom. The van der Waals surface area contributed by atoms with E-state index >= 15 is 0 Å². The summed E-state index contributed by atoms with van der Waals surface area (Å²) in [5.41, 5.74) is 16.9. The van der Waals surface area contributed by atoms with Crippen molar-refractivity contribution in [1.29, 1.82) is 0 Å². The summed E-state index contributed by atoms with van der Waals surface area (Å²) in [6.45, 7) is 26.7. The van der Waals surface area contributed by atoms with Gasteiger partial charge in [0.15, 0.2) is 0 Å². The molecule has 1 atom stereocenters. The van der Waals surface area contributed by atoms with Gasteiger partial charge in [-0.3, -0.25) is 6.08 Å². The van der Waals surface area contributed by atoms with Crippen LogP contribution in [0.2, 0.25) is 0 Å². The third kappa shape index (κ3) is 11.3. The van der Waals surface area contributed by atoms with Gasteiger partial charge in [-0.05, 0) is 17.4 Å². The SMILES string of the molecule is CC(C)(C)c1c[c-]c2c(c1)-c1cc(C(C)(C)C)ccc1C2.CC1=[C-]C(C)C=C1C(C)C.Cc1ccc([C](=[Zr+2])c2ccc(C)cc2)cc1.[Cl-].[Cl-]. The second kappa shape index (κ2) is 17.8. The first-order valence-corrected chi connectivity index (χ1v) is 18.4. The Kier molecular flexibility index (Phi) is 15.5. The average molecular weight is 769 g/mol. The Balaban J connectivity index is 0.000000265. The zero-order chi connectivity index (χ0) is 34.7. The van der Waals surface area contributed by atoms with E-state index in [-0.39, 0.29) is 35.6 Å². The predicted molar refractivity (Wildman–Crippen MR) is 201 cm³/mol. The minimum atomic E-state index is 0. The van der Waals surface area contributed by atoms with Crippen LogP contribution in [0.5, 0.6) is 0 Å². The summed E-state index contributed by atoms with van der Waals surface area (Å²) >= 11 is 1.46. The topological polar surface area (TPSA) is 0 Å². The van der Waals surface area contributed by atoms with Gasteiger partial charge in [0.25, 0.3) is 0 Å². The number of rotatable bonds is 3. The van der Waals surface area contributed by atoms with Gasteiger partial charge in [-0.2, -0.15) is 41.0 Å². The molecule has 4 aromatic carbocycles. The molecule has 0 fully saturated rings. The van der Waals surface area contributed by atoms with Crippen molar-refractivity contribution in [3.8, 4) is 11.1 Å². The van der Waals surface area contributed by atoms with Crippen molar-refractivity contribution in [3.63, 3.8) is 0 Å². The van der Waals surface area contributed by atoms with Gasteiger partial charge in [0.2, 0.25) is 0 Å². The van der Waals surface area contributed by atoms with Gasteiger partial charge in [-0.15, -0.1) is 5.56 Å². The van der Waals surface area contributed by atoms with Gasteiger partial charge >= 0.3 is 112 Å². The smallest absolute Gasteiger partial charge is 1.00 e. The quantitative estimate of drug-likeness (QED) is 0.197. The van der Waals surface area contributed by atoms with Crippen LogP contribution >= 0.6 is 0 Å². The normalized spacial score (nSPS) is 14.5. The summed E-state index contributed by atoms with van der Waals surface area (Å²) in [6.07, 6.45) is 6.71. The van der Waals surface area contributed by atoms with Gasteiger partial charge in [0.05, 0.1) is 0 Å². The Bertz CT molecular complexity index is 1660. The van der Waals surface area contributed by atoms with E-state index in [4.69, 9.17) is 0 Å². The van der Waals surface area contributed by atoms with Crippen LogP contribution < -0.4 is 24.8 Å². The maximum atomic E-state index is 3.53. The number of benzene rings is 4. The molecular weight excluding hydrogens is 715 g/mol. The summed E-state index contributed by atoms with van der Waals surface area (Å²) in [4.78, 5) is 0. The first-order valence-electron chi connectivity index (χ1n) is 17.2. The molecule has 1 unspecified atom stereocenters. The van der Waals surface area contributed by atoms with Crippen molar-refractivity contribution in [2.75, 3.05) is 0 Å². The zero-order valence-electron chi connectivity index (χ0n) is 31.7. The van der Waals surface area contributed by atoms with E-state index in [0.717, 1.165) is 6.42 Å². The number of hydrogen-bond donors (Lipinski definition) is 0. The van der Waals surface area contributed by atoms with Crippen molar-refractivity contribution < 1.29 is 49.0 Å². The maximum absolute atomic E-state index is 3.53. The molecule has 0 heterocycles. The van der Waals surface area contributed by atoms with Crippen LogP contribution in [0.25, 0.3) is 11.1 Å². The van der Waals surface area contributed by atoms with Crippen molar-refractivity contribution in [3.05, 3.63) is 153 Å². The third-order valence-electron chi connectivity index (χ3n) is 9.14. The minimum absolute atomic E-state index is 0. The van der Waals surface area contributed by atoms with Crippen LogP contribution in [0, 0.1) is 37.8 Å². The molecule has 258 valence electrons. The van der Waals surface area contributed by atoms with Crippen molar-refractivity contribution in [2.24, 2.45) is 11.8 Å². The molecule has 0 saturated heterocycles. The van der Waals surface area contributed by atoms with E-state index in [2.05, 4.69) is 180 Å². The maximum Gasteiger partial charge on any atom is -1.00 e. The second-order valence-electron chi connectivity index (χ2n) is 15.8. The number of allylic oxidation sites excluding steroid dienone is 4. The molecule has 0 aromatic heterocycles. The molecule has 0 bridgehead atoms. The summed E-state index contributed by atoms with van der Waals surface area (Å²) in [5, 5.41) is 0. The van der Waals surface area contributed by atoms with Crippen LogP contribution in [0.1, 0.15) is 114 Å². The van der Waals surface area contributed by atoms with Crippen LogP contribution in [0.15, 0.2) is 96.1 Å². The summed E-state index contributed by atoms with van der Waals surface area (Å²) in [5.74, 6) is 1.20. The largest absolute Gasteiger partial charge is 1.00 e. The first kappa shape index (κ1) is 42.9. The molecule has 0 nitrogen and oxygen atoms in total. The summed E-state index contributed by atoms with van der Waals surface area (Å²) in [7, 11) is 0. The van der Waals surface area contributed by atoms with Gasteiger partial charge in [0.1, 0.15) is 0 Å². The summed E-state index contributed by atoms with van der Waals surface area (Å²) < 4.78 is 1.42. The molecule has 49 heavy (non-hydrogen) atoms. The Hall–Kier alpha value is -2.31. The second-order valence-corrected chi connectivity index (χ2v) is 17.0. The molecule has 0 saturated carbocycles. The fourth-order valence-electron chi connectivity index (χ4n) is 6.08. The Morgan fingerprint density at radius 1 is 0.714 bits per heavy atom. The van der Waals surface area contributed by atoms with E-state index in [1.165, 1.54) is 94.2 Å². The average Bonchev–Trinajstić information content (AvgIpc) is 3.55. The standard InChI is InChI=1S/C21H25.C15H14.C10H15.2ClH.Zr/c1-20(2,3)16-9-7-14-11-15-8-10-17(21(4,5)6)13-19(15)18(14)12-16;1-12-3-7-14(8-4-12)11-15-9-5-13(2)6-10-15;1-7(2)10-6-8(3)5-9(10)4;;;/h7,9-10,12-13H,11H2,1-6H3;3-10H,1-2H3;6-8H,1-4H3;2*1H;/q-1;;-1;;;+2/p-2. The molecule has 0 N–H and O–H groups in total. The monoisotopic (exact) mass is 766 g/mol. The minimum Gasteiger partial charge on any atom is -1.00 e. The fourth-order valence-corrected chi connectivity index (χ4v) is 6.90.